The maximum atomic E-state index is 6.49. The summed E-state index contributed by atoms with van der Waals surface area (Å²) in [4.78, 5) is 0. The van der Waals surface area contributed by atoms with Crippen molar-refractivity contribution in [3.63, 3.8) is 0 Å². The van der Waals surface area contributed by atoms with Crippen molar-refractivity contribution in [1.82, 2.24) is 0 Å². The molecular weight excluding hydrogens is 352 g/mol. The van der Waals surface area contributed by atoms with Crippen molar-refractivity contribution in [1.29, 1.82) is 0 Å². The van der Waals surface area contributed by atoms with Crippen molar-refractivity contribution in [3.05, 3.63) is 71.8 Å². The zero-order chi connectivity index (χ0) is 18.8. The van der Waals surface area contributed by atoms with E-state index in [1.165, 1.54) is 24.0 Å². The van der Waals surface area contributed by atoms with E-state index >= 15 is 0 Å². The lowest BCUT2D eigenvalue weighted by Crippen LogP contribution is -2.31. The fraction of sp³-hybridized carbons (Fsp3) is 0.500. The van der Waals surface area contributed by atoms with E-state index in [1.807, 2.05) is 36.4 Å². The van der Waals surface area contributed by atoms with E-state index in [9.17, 15) is 0 Å². The van der Waals surface area contributed by atoms with Crippen molar-refractivity contribution in [3.8, 4) is 0 Å². The normalized spacial score (nSPS) is 29.9. The summed E-state index contributed by atoms with van der Waals surface area (Å²) in [7, 11) is 0. The first-order valence-electron chi connectivity index (χ1n) is 10.4. The van der Waals surface area contributed by atoms with E-state index in [0.717, 1.165) is 12.3 Å². The maximum absolute atomic E-state index is 6.49. The highest BCUT2D eigenvalue weighted by Crippen LogP contribution is 2.62. The Bertz CT molecular complexity index is 709. The molecule has 2 aromatic carbocycles. The lowest BCUT2D eigenvalue weighted by Gasteiger charge is -2.24. The third kappa shape index (κ3) is 3.87. The van der Waals surface area contributed by atoms with Crippen molar-refractivity contribution >= 4 is 0 Å². The Labute approximate surface area is 166 Å². The Morgan fingerprint density at radius 3 is 1.75 bits per heavy atom. The standard InChI is InChI=1S/C24H28O4/c1-3-7-18(8-4-1)14-25-16-22-23(17-26-15-19-9-5-2-6-10-19)28-24(27-22)12-11-20-13-21(20)24/h1-10,20-23H,11-17H2/t20-,21+,22+,23+/m1/s1. The lowest BCUT2D eigenvalue weighted by molar-refractivity contribution is -0.191. The first-order valence-corrected chi connectivity index (χ1v) is 10.4. The number of rotatable bonds is 8. The summed E-state index contributed by atoms with van der Waals surface area (Å²) in [5.41, 5.74) is 2.35. The molecule has 0 aromatic heterocycles. The molecule has 1 aliphatic heterocycles. The van der Waals surface area contributed by atoms with Gasteiger partial charge in [-0.1, -0.05) is 60.7 Å². The van der Waals surface area contributed by atoms with Crippen LogP contribution in [0.3, 0.4) is 0 Å². The zero-order valence-electron chi connectivity index (χ0n) is 16.2. The number of ether oxygens (including phenoxy) is 4. The second kappa shape index (κ2) is 7.96. The monoisotopic (exact) mass is 380 g/mol. The van der Waals surface area contributed by atoms with Crippen LogP contribution >= 0.6 is 0 Å². The molecular formula is C24H28O4. The third-order valence-electron chi connectivity index (χ3n) is 6.25. The second-order valence-electron chi connectivity index (χ2n) is 8.27. The molecule has 3 fully saturated rings. The summed E-state index contributed by atoms with van der Waals surface area (Å²) in [5.74, 6) is 0.991. The molecule has 0 unspecified atom stereocenters. The van der Waals surface area contributed by atoms with E-state index in [-0.39, 0.29) is 18.0 Å². The molecule has 0 bridgehead atoms. The minimum absolute atomic E-state index is 0.0705. The van der Waals surface area contributed by atoms with Crippen molar-refractivity contribution in [2.24, 2.45) is 11.8 Å². The Hall–Kier alpha value is -1.72. The van der Waals surface area contributed by atoms with Gasteiger partial charge in [0, 0.05) is 12.3 Å². The van der Waals surface area contributed by atoms with Gasteiger partial charge in [0.25, 0.3) is 0 Å². The van der Waals surface area contributed by atoms with Gasteiger partial charge in [0.05, 0.1) is 26.4 Å². The molecule has 4 atom stereocenters. The first-order chi connectivity index (χ1) is 13.8. The summed E-state index contributed by atoms with van der Waals surface area (Å²) < 4.78 is 25.0. The molecule has 28 heavy (non-hydrogen) atoms. The van der Waals surface area contributed by atoms with E-state index in [2.05, 4.69) is 24.3 Å². The predicted octanol–water partition coefficient (Wildman–Crippen LogP) is 4.33. The van der Waals surface area contributed by atoms with Crippen molar-refractivity contribution in [2.45, 2.75) is 50.5 Å². The van der Waals surface area contributed by atoms with E-state index in [4.69, 9.17) is 18.9 Å². The van der Waals surface area contributed by atoms with E-state index in [0.29, 0.717) is 32.3 Å². The maximum Gasteiger partial charge on any atom is 0.172 e. The molecule has 0 amide bonds. The third-order valence-corrected chi connectivity index (χ3v) is 6.25. The number of fused-ring (bicyclic) bond motifs is 2. The molecule has 2 saturated carbocycles. The predicted molar refractivity (Wildman–Crippen MR) is 106 cm³/mol. The van der Waals surface area contributed by atoms with Gasteiger partial charge < -0.3 is 18.9 Å². The summed E-state index contributed by atoms with van der Waals surface area (Å²) in [5, 5.41) is 0. The quantitative estimate of drug-likeness (QED) is 0.683. The second-order valence-corrected chi connectivity index (χ2v) is 8.27. The van der Waals surface area contributed by atoms with Crippen LogP contribution in [0.1, 0.15) is 30.4 Å². The van der Waals surface area contributed by atoms with E-state index in [1.54, 1.807) is 0 Å². The average molecular weight is 380 g/mol. The van der Waals surface area contributed by atoms with Gasteiger partial charge in [0.15, 0.2) is 5.79 Å². The van der Waals surface area contributed by atoms with Crippen LogP contribution in [0.25, 0.3) is 0 Å². The lowest BCUT2D eigenvalue weighted by atomic mass is 10.1. The van der Waals surface area contributed by atoms with Gasteiger partial charge in [-0.25, -0.2) is 0 Å². The largest absolute Gasteiger partial charge is 0.374 e. The topological polar surface area (TPSA) is 36.9 Å². The van der Waals surface area contributed by atoms with Gasteiger partial charge in [0.1, 0.15) is 12.2 Å². The molecule has 5 rings (SSSR count). The Kier molecular flexibility index (Phi) is 5.20. The minimum atomic E-state index is -0.383. The minimum Gasteiger partial charge on any atom is -0.374 e. The first kappa shape index (κ1) is 18.3. The SMILES string of the molecule is c1ccc(COC[C@@H]2OC3(CC[C@@H]4C[C@@H]43)O[C@H]2COCc2ccccc2)cc1. The molecule has 3 aliphatic rings. The van der Waals surface area contributed by atoms with Crippen LogP contribution in [0.5, 0.6) is 0 Å². The van der Waals surface area contributed by atoms with Crippen LogP contribution in [0.4, 0.5) is 0 Å². The molecule has 1 heterocycles. The van der Waals surface area contributed by atoms with Crippen LogP contribution in [-0.4, -0.2) is 31.2 Å². The Balaban J connectivity index is 1.18. The molecule has 0 N–H and O–H groups in total. The van der Waals surface area contributed by atoms with Crippen LogP contribution in [0.15, 0.2) is 60.7 Å². The van der Waals surface area contributed by atoms with Crippen LogP contribution in [0.2, 0.25) is 0 Å². The molecule has 2 aromatic rings. The number of hydrogen-bond acceptors (Lipinski definition) is 4. The fourth-order valence-corrected chi connectivity index (χ4v) is 4.68. The highest BCUT2D eigenvalue weighted by atomic mass is 16.8. The van der Waals surface area contributed by atoms with E-state index < -0.39 is 0 Å². The molecule has 148 valence electrons. The van der Waals surface area contributed by atoms with Gasteiger partial charge in [0.2, 0.25) is 0 Å². The molecule has 2 aliphatic carbocycles. The van der Waals surface area contributed by atoms with Gasteiger partial charge in [-0.2, -0.15) is 0 Å². The van der Waals surface area contributed by atoms with Crippen LogP contribution in [0, 0.1) is 11.8 Å². The van der Waals surface area contributed by atoms with Gasteiger partial charge in [-0.05, 0) is 29.9 Å². The Morgan fingerprint density at radius 1 is 0.786 bits per heavy atom. The van der Waals surface area contributed by atoms with Crippen LogP contribution in [-0.2, 0) is 32.2 Å². The summed E-state index contributed by atoms with van der Waals surface area (Å²) >= 11 is 0. The molecule has 4 heteroatoms. The molecule has 1 spiro atoms. The highest BCUT2D eigenvalue weighted by molar-refractivity contribution is 5.14. The Morgan fingerprint density at radius 2 is 1.32 bits per heavy atom. The van der Waals surface area contributed by atoms with Crippen LogP contribution < -0.4 is 0 Å². The average Bonchev–Trinajstić information content (AvgIpc) is 3.35. The molecule has 0 radical (unpaired) electrons. The fourth-order valence-electron chi connectivity index (χ4n) is 4.68. The van der Waals surface area contributed by atoms with Gasteiger partial charge in [-0.3, -0.25) is 0 Å². The van der Waals surface area contributed by atoms with Crippen molar-refractivity contribution < 1.29 is 18.9 Å². The number of benzene rings is 2. The smallest absolute Gasteiger partial charge is 0.172 e. The summed E-state index contributed by atoms with van der Waals surface area (Å²) in [6, 6.07) is 20.5. The van der Waals surface area contributed by atoms with Crippen molar-refractivity contribution in [2.75, 3.05) is 13.2 Å². The molecule has 1 saturated heterocycles. The summed E-state index contributed by atoms with van der Waals surface area (Å²) in [6.45, 7) is 2.26. The number of hydrogen-bond donors (Lipinski definition) is 0. The van der Waals surface area contributed by atoms with Gasteiger partial charge in [-0.15, -0.1) is 0 Å². The zero-order valence-corrected chi connectivity index (χ0v) is 16.2. The molecule has 4 nitrogen and oxygen atoms in total. The summed E-state index contributed by atoms with van der Waals surface area (Å²) in [6.07, 6.45) is 3.33. The van der Waals surface area contributed by atoms with Gasteiger partial charge >= 0.3 is 0 Å². The highest BCUT2D eigenvalue weighted by Gasteiger charge is 2.64.